The van der Waals surface area contributed by atoms with Crippen molar-refractivity contribution in [3.05, 3.63) is 71.3 Å². The molecule has 1 heterocycles. The standard InChI is InChI=1S/C22H27F2N3O/c1-25-22(26-11-9-19-13-20(23)7-8-21(19)24)27-12-10-18(14-27)16-28-15-17-5-3-2-4-6-17/h2-8,13,18H,9-12,14-16H2,1H3,(H,25,26). The molecule has 150 valence electrons. The van der Waals surface area contributed by atoms with Crippen LogP contribution in [0.5, 0.6) is 0 Å². The second-order valence-corrected chi connectivity index (χ2v) is 7.06. The van der Waals surface area contributed by atoms with Crippen LogP contribution in [0, 0.1) is 17.6 Å². The average molecular weight is 387 g/mol. The SMILES string of the molecule is CN=C(NCCc1cc(F)ccc1F)N1CCC(COCc2ccccc2)C1. The normalized spacial score (nSPS) is 17.2. The summed E-state index contributed by atoms with van der Waals surface area (Å²) < 4.78 is 32.9. The van der Waals surface area contributed by atoms with Crippen molar-refractivity contribution >= 4 is 5.96 Å². The zero-order chi connectivity index (χ0) is 19.8. The highest BCUT2D eigenvalue weighted by Gasteiger charge is 2.24. The van der Waals surface area contributed by atoms with Gasteiger partial charge in [0.15, 0.2) is 5.96 Å². The minimum atomic E-state index is -0.418. The number of hydrogen-bond donors (Lipinski definition) is 1. The number of benzene rings is 2. The molecule has 0 bridgehead atoms. The van der Waals surface area contributed by atoms with E-state index in [1.54, 1.807) is 7.05 Å². The summed E-state index contributed by atoms with van der Waals surface area (Å²) in [6.07, 6.45) is 1.45. The minimum Gasteiger partial charge on any atom is -0.376 e. The third-order valence-electron chi connectivity index (χ3n) is 4.95. The van der Waals surface area contributed by atoms with Gasteiger partial charge in [-0.1, -0.05) is 30.3 Å². The third-order valence-corrected chi connectivity index (χ3v) is 4.95. The highest BCUT2D eigenvalue weighted by atomic mass is 19.1. The quantitative estimate of drug-likeness (QED) is 0.582. The van der Waals surface area contributed by atoms with Gasteiger partial charge in [-0.05, 0) is 42.2 Å². The fourth-order valence-corrected chi connectivity index (χ4v) is 3.45. The maximum Gasteiger partial charge on any atom is 0.193 e. The van der Waals surface area contributed by atoms with Gasteiger partial charge in [-0.15, -0.1) is 0 Å². The van der Waals surface area contributed by atoms with Gasteiger partial charge in [0, 0.05) is 32.6 Å². The molecule has 1 fully saturated rings. The number of guanidine groups is 1. The summed E-state index contributed by atoms with van der Waals surface area (Å²) in [4.78, 5) is 6.52. The number of aliphatic imine (C=N–C) groups is 1. The summed E-state index contributed by atoms with van der Waals surface area (Å²) >= 11 is 0. The van der Waals surface area contributed by atoms with Crippen LogP contribution in [-0.2, 0) is 17.8 Å². The largest absolute Gasteiger partial charge is 0.376 e. The van der Waals surface area contributed by atoms with E-state index in [1.807, 2.05) is 18.2 Å². The Kier molecular flexibility index (Phi) is 7.37. The van der Waals surface area contributed by atoms with E-state index in [0.29, 0.717) is 31.1 Å². The lowest BCUT2D eigenvalue weighted by atomic mass is 10.1. The van der Waals surface area contributed by atoms with Gasteiger partial charge in [-0.25, -0.2) is 8.78 Å². The molecule has 1 atom stereocenters. The summed E-state index contributed by atoms with van der Waals surface area (Å²) in [5.74, 6) is 0.457. The molecule has 1 saturated heterocycles. The summed E-state index contributed by atoms with van der Waals surface area (Å²) in [5, 5.41) is 3.26. The van der Waals surface area contributed by atoms with Crippen molar-refractivity contribution in [2.45, 2.75) is 19.4 Å². The van der Waals surface area contributed by atoms with Crippen LogP contribution < -0.4 is 5.32 Å². The second-order valence-electron chi connectivity index (χ2n) is 7.06. The predicted octanol–water partition coefficient (Wildman–Crippen LogP) is 3.62. The van der Waals surface area contributed by atoms with Crippen LogP contribution in [0.25, 0.3) is 0 Å². The van der Waals surface area contributed by atoms with Gasteiger partial charge in [0.2, 0.25) is 0 Å². The molecule has 0 amide bonds. The van der Waals surface area contributed by atoms with E-state index in [0.717, 1.165) is 38.1 Å². The maximum atomic E-state index is 13.7. The monoisotopic (exact) mass is 387 g/mol. The first-order valence-corrected chi connectivity index (χ1v) is 9.67. The van der Waals surface area contributed by atoms with Crippen LogP contribution in [0.4, 0.5) is 8.78 Å². The molecule has 1 unspecified atom stereocenters. The molecule has 0 aromatic heterocycles. The molecule has 0 aliphatic carbocycles. The summed E-state index contributed by atoms with van der Waals surface area (Å²) in [5.41, 5.74) is 1.55. The van der Waals surface area contributed by atoms with Crippen molar-refractivity contribution in [3.63, 3.8) is 0 Å². The van der Waals surface area contributed by atoms with Crippen molar-refractivity contribution < 1.29 is 13.5 Å². The molecule has 0 saturated carbocycles. The van der Waals surface area contributed by atoms with Gasteiger partial charge in [-0.3, -0.25) is 4.99 Å². The van der Waals surface area contributed by atoms with Crippen molar-refractivity contribution in [2.75, 3.05) is 33.3 Å². The molecule has 0 spiro atoms. The molecule has 2 aromatic carbocycles. The molecule has 4 nitrogen and oxygen atoms in total. The molecule has 28 heavy (non-hydrogen) atoms. The molecule has 1 aliphatic rings. The molecule has 2 aromatic rings. The minimum absolute atomic E-state index is 0.372. The van der Waals surface area contributed by atoms with Crippen LogP contribution in [0.15, 0.2) is 53.5 Å². The Hall–Kier alpha value is -2.47. The van der Waals surface area contributed by atoms with Gasteiger partial charge in [-0.2, -0.15) is 0 Å². The number of hydrogen-bond acceptors (Lipinski definition) is 2. The lowest BCUT2D eigenvalue weighted by Gasteiger charge is -2.22. The van der Waals surface area contributed by atoms with E-state index in [4.69, 9.17) is 4.74 Å². The number of ether oxygens (including phenoxy) is 1. The summed E-state index contributed by atoms with van der Waals surface area (Å²) in [6, 6.07) is 13.7. The maximum absolute atomic E-state index is 13.7. The zero-order valence-electron chi connectivity index (χ0n) is 16.2. The first-order valence-electron chi connectivity index (χ1n) is 9.67. The molecular formula is C22H27F2N3O. The third kappa shape index (κ3) is 5.76. The van der Waals surface area contributed by atoms with E-state index < -0.39 is 5.82 Å². The second kappa shape index (κ2) is 10.2. The first kappa shape index (κ1) is 20.3. The highest BCUT2D eigenvalue weighted by molar-refractivity contribution is 5.80. The van der Waals surface area contributed by atoms with Crippen molar-refractivity contribution in [3.8, 4) is 0 Å². The van der Waals surface area contributed by atoms with E-state index in [-0.39, 0.29) is 5.82 Å². The Balaban J connectivity index is 1.40. The number of rotatable bonds is 7. The average Bonchev–Trinajstić information content (AvgIpc) is 3.17. The Morgan fingerprint density at radius 3 is 2.82 bits per heavy atom. The van der Waals surface area contributed by atoms with Crippen LogP contribution >= 0.6 is 0 Å². The fraction of sp³-hybridized carbons (Fsp3) is 0.409. The van der Waals surface area contributed by atoms with Crippen molar-refractivity contribution in [2.24, 2.45) is 10.9 Å². The highest BCUT2D eigenvalue weighted by Crippen LogP contribution is 2.17. The number of likely N-dealkylation sites (tertiary alicyclic amines) is 1. The Morgan fingerprint density at radius 1 is 1.21 bits per heavy atom. The fourth-order valence-electron chi connectivity index (χ4n) is 3.45. The van der Waals surface area contributed by atoms with Gasteiger partial charge in [0.1, 0.15) is 11.6 Å². The van der Waals surface area contributed by atoms with Crippen LogP contribution in [-0.4, -0.2) is 44.1 Å². The lowest BCUT2D eigenvalue weighted by molar-refractivity contribution is 0.0907. The molecular weight excluding hydrogens is 360 g/mol. The smallest absolute Gasteiger partial charge is 0.193 e. The lowest BCUT2D eigenvalue weighted by Crippen LogP contribution is -2.41. The van der Waals surface area contributed by atoms with Crippen LogP contribution in [0.2, 0.25) is 0 Å². The Bertz CT molecular complexity index is 783. The van der Waals surface area contributed by atoms with E-state index in [2.05, 4.69) is 27.3 Å². The van der Waals surface area contributed by atoms with Gasteiger partial charge in [0.05, 0.1) is 13.2 Å². The molecule has 1 aliphatic heterocycles. The van der Waals surface area contributed by atoms with E-state index >= 15 is 0 Å². The van der Waals surface area contributed by atoms with Crippen LogP contribution in [0.3, 0.4) is 0 Å². The number of nitrogens with one attached hydrogen (secondary N) is 1. The predicted molar refractivity (Wildman–Crippen MR) is 107 cm³/mol. The zero-order valence-corrected chi connectivity index (χ0v) is 16.2. The number of nitrogens with zero attached hydrogens (tertiary/aromatic N) is 2. The molecule has 6 heteroatoms. The molecule has 3 rings (SSSR count). The van der Waals surface area contributed by atoms with Crippen molar-refractivity contribution in [1.82, 2.24) is 10.2 Å². The van der Waals surface area contributed by atoms with Gasteiger partial charge in [0.25, 0.3) is 0 Å². The van der Waals surface area contributed by atoms with E-state index in [9.17, 15) is 8.78 Å². The van der Waals surface area contributed by atoms with E-state index in [1.165, 1.54) is 17.7 Å². The molecule has 1 N–H and O–H groups in total. The van der Waals surface area contributed by atoms with Gasteiger partial charge >= 0.3 is 0 Å². The first-order chi connectivity index (χ1) is 13.7. The topological polar surface area (TPSA) is 36.9 Å². The molecule has 0 radical (unpaired) electrons. The van der Waals surface area contributed by atoms with Crippen molar-refractivity contribution in [1.29, 1.82) is 0 Å². The van der Waals surface area contributed by atoms with Gasteiger partial charge < -0.3 is 15.0 Å². The Labute approximate surface area is 165 Å². The summed E-state index contributed by atoms with van der Waals surface area (Å²) in [7, 11) is 1.74. The summed E-state index contributed by atoms with van der Waals surface area (Å²) in [6.45, 7) is 3.63. The number of halogens is 2. The Morgan fingerprint density at radius 2 is 2.04 bits per heavy atom. The van der Waals surface area contributed by atoms with Crippen LogP contribution in [0.1, 0.15) is 17.5 Å².